The van der Waals surface area contributed by atoms with E-state index in [-0.39, 0.29) is 0 Å². The van der Waals surface area contributed by atoms with Gasteiger partial charge in [-0.3, -0.25) is 0 Å². The summed E-state index contributed by atoms with van der Waals surface area (Å²) in [6, 6.07) is 6.21. The standard InChI is InChI=1S/C16H25NO2/c1-16(10-5-11-17-16)9-4-6-13-7-8-14(18-2)15(12-13)19-3/h7-8,12,17H,4-6,9-11H2,1-3H3. The van der Waals surface area contributed by atoms with Crippen LogP contribution in [0.1, 0.15) is 38.2 Å². The van der Waals surface area contributed by atoms with E-state index < -0.39 is 0 Å². The van der Waals surface area contributed by atoms with Crippen molar-refractivity contribution in [2.24, 2.45) is 0 Å². The topological polar surface area (TPSA) is 30.5 Å². The number of aryl methyl sites for hydroxylation is 1. The molecular formula is C16H25NO2. The fraction of sp³-hybridized carbons (Fsp3) is 0.625. The average molecular weight is 263 g/mol. The van der Waals surface area contributed by atoms with Crippen LogP contribution in [0.5, 0.6) is 11.5 Å². The van der Waals surface area contributed by atoms with Crippen molar-refractivity contribution in [1.29, 1.82) is 0 Å². The van der Waals surface area contributed by atoms with Crippen LogP contribution in [0.2, 0.25) is 0 Å². The van der Waals surface area contributed by atoms with Crippen LogP contribution in [-0.2, 0) is 6.42 Å². The first kappa shape index (κ1) is 14.2. The van der Waals surface area contributed by atoms with E-state index in [2.05, 4.69) is 24.4 Å². The van der Waals surface area contributed by atoms with Gasteiger partial charge in [-0.2, -0.15) is 0 Å². The Morgan fingerprint density at radius 1 is 1.21 bits per heavy atom. The zero-order valence-electron chi connectivity index (χ0n) is 12.3. The van der Waals surface area contributed by atoms with Gasteiger partial charge in [0.25, 0.3) is 0 Å². The minimum Gasteiger partial charge on any atom is -0.493 e. The van der Waals surface area contributed by atoms with Crippen molar-refractivity contribution in [1.82, 2.24) is 5.32 Å². The van der Waals surface area contributed by atoms with E-state index in [4.69, 9.17) is 9.47 Å². The molecule has 0 amide bonds. The average Bonchev–Trinajstić information content (AvgIpc) is 2.85. The Kier molecular flexibility index (Phi) is 4.70. The van der Waals surface area contributed by atoms with Crippen LogP contribution >= 0.6 is 0 Å². The van der Waals surface area contributed by atoms with E-state index in [1.54, 1.807) is 14.2 Å². The molecule has 2 rings (SSSR count). The molecule has 1 saturated heterocycles. The molecule has 1 heterocycles. The van der Waals surface area contributed by atoms with Gasteiger partial charge in [0.1, 0.15) is 0 Å². The minimum atomic E-state index is 0.358. The van der Waals surface area contributed by atoms with Crippen molar-refractivity contribution in [3.05, 3.63) is 23.8 Å². The maximum Gasteiger partial charge on any atom is 0.160 e. The molecule has 0 radical (unpaired) electrons. The minimum absolute atomic E-state index is 0.358. The van der Waals surface area contributed by atoms with Crippen molar-refractivity contribution in [2.75, 3.05) is 20.8 Å². The summed E-state index contributed by atoms with van der Waals surface area (Å²) < 4.78 is 10.6. The van der Waals surface area contributed by atoms with Crippen LogP contribution < -0.4 is 14.8 Å². The van der Waals surface area contributed by atoms with Gasteiger partial charge in [-0.1, -0.05) is 6.07 Å². The summed E-state index contributed by atoms with van der Waals surface area (Å²) >= 11 is 0. The van der Waals surface area contributed by atoms with E-state index in [1.807, 2.05) is 6.07 Å². The maximum absolute atomic E-state index is 5.34. The lowest BCUT2D eigenvalue weighted by Gasteiger charge is -2.24. The normalized spacial score (nSPS) is 22.5. The lowest BCUT2D eigenvalue weighted by Crippen LogP contribution is -2.35. The monoisotopic (exact) mass is 263 g/mol. The Labute approximate surface area is 116 Å². The van der Waals surface area contributed by atoms with Crippen LogP contribution in [0.4, 0.5) is 0 Å². The molecule has 19 heavy (non-hydrogen) atoms. The van der Waals surface area contributed by atoms with Crippen molar-refractivity contribution >= 4 is 0 Å². The molecule has 0 saturated carbocycles. The first-order valence-corrected chi connectivity index (χ1v) is 7.13. The second-order valence-corrected chi connectivity index (χ2v) is 5.63. The molecule has 3 nitrogen and oxygen atoms in total. The van der Waals surface area contributed by atoms with E-state index >= 15 is 0 Å². The van der Waals surface area contributed by atoms with E-state index in [9.17, 15) is 0 Å². The molecule has 1 atom stereocenters. The van der Waals surface area contributed by atoms with Crippen LogP contribution in [0, 0.1) is 0 Å². The van der Waals surface area contributed by atoms with Gasteiger partial charge in [-0.25, -0.2) is 0 Å². The summed E-state index contributed by atoms with van der Waals surface area (Å²) in [5, 5.41) is 3.62. The van der Waals surface area contributed by atoms with Crippen LogP contribution in [0.3, 0.4) is 0 Å². The summed E-state index contributed by atoms with van der Waals surface area (Å²) in [7, 11) is 3.36. The second kappa shape index (κ2) is 6.29. The van der Waals surface area contributed by atoms with Gasteiger partial charge >= 0.3 is 0 Å². The zero-order chi connectivity index (χ0) is 13.7. The molecule has 1 aliphatic heterocycles. The smallest absolute Gasteiger partial charge is 0.160 e. The highest BCUT2D eigenvalue weighted by Crippen LogP contribution is 2.29. The Hall–Kier alpha value is -1.22. The highest BCUT2D eigenvalue weighted by Gasteiger charge is 2.26. The Morgan fingerprint density at radius 3 is 2.63 bits per heavy atom. The molecule has 1 N–H and O–H groups in total. The third-order valence-corrected chi connectivity index (χ3v) is 4.10. The summed E-state index contributed by atoms with van der Waals surface area (Å²) in [5.74, 6) is 1.63. The highest BCUT2D eigenvalue weighted by molar-refractivity contribution is 5.42. The van der Waals surface area contributed by atoms with Gasteiger partial charge in [0, 0.05) is 5.54 Å². The molecule has 1 aromatic rings. The molecule has 0 aliphatic carbocycles. The lowest BCUT2D eigenvalue weighted by atomic mass is 9.92. The van der Waals surface area contributed by atoms with Crippen molar-refractivity contribution in [3.63, 3.8) is 0 Å². The zero-order valence-corrected chi connectivity index (χ0v) is 12.3. The molecule has 3 heteroatoms. The number of benzene rings is 1. The first-order chi connectivity index (χ1) is 9.17. The Bertz CT molecular complexity index is 411. The number of methoxy groups -OCH3 is 2. The van der Waals surface area contributed by atoms with Crippen molar-refractivity contribution in [2.45, 2.75) is 44.6 Å². The lowest BCUT2D eigenvalue weighted by molar-refractivity contribution is 0.354. The summed E-state index contributed by atoms with van der Waals surface area (Å²) in [6.07, 6.45) is 6.16. The summed E-state index contributed by atoms with van der Waals surface area (Å²) in [5.41, 5.74) is 1.68. The molecule has 106 valence electrons. The Balaban J connectivity index is 1.89. The van der Waals surface area contributed by atoms with Gasteiger partial charge in [0.05, 0.1) is 14.2 Å². The van der Waals surface area contributed by atoms with Crippen molar-refractivity contribution in [3.8, 4) is 11.5 Å². The number of rotatable bonds is 6. The number of hydrogen-bond acceptors (Lipinski definition) is 3. The number of ether oxygens (including phenoxy) is 2. The molecule has 1 unspecified atom stereocenters. The fourth-order valence-electron chi connectivity index (χ4n) is 2.89. The molecular weight excluding hydrogens is 238 g/mol. The molecule has 1 aromatic carbocycles. The largest absolute Gasteiger partial charge is 0.493 e. The highest BCUT2D eigenvalue weighted by atomic mass is 16.5. The number of hydrogen-bond donors (Lipinski definition) is 1. The Morgan fingerprint density at radius 2 is 2.00 bits per heavy atom. The van der Waals surface area contributed by atoms with Crippen LogP contribution in [0.15, 0.2) is 18.2 Å². The first-order valence-electron chi connectivity index (χ1n) is 7.13. The second-order valence-electron chi connectivity index (χ2n) is 5.63. The predicted octanol–water partition coefficient (Wildman–Crippen LogP) is 3.17. The van der Waals surface area contributed by atoms with E-state index in [0.717, 1.165) is 17.9 Å². The maximum atomic E-state index is 5.34. The van der Waals surface area contributed by atoms with Crippen LogP contribution in [-0.4, -0.2) is 26.3 Å². The molecule has 0 aromatic heterocycles. The van der Waals surface area contributed by atoms with Crippen LogP contribution in [0.25, 0.3) is 0 Å². The van der Waals surface area contributed by atoms with Gasteiger partial charge in [-0.05, 0) is 63.3 Å². The predicted molar refractivity (Wildman–Crippen MR) is 78.1 cm³/mol. The van der Waals surface area contributed by atoms with Gasteiger partial charge < -0.3 is 14.8 Å². The van der Waals surface area contributed by atoms with Gasteiger partial charge in [-0.15, -0.1) is 0 Å². The molecule has 0 bridgehead atoms. The SMILES string of the molecule is COc1ccc(CCCC2(C)CCCN2)cc1OC. The van der Waals surface area contributed by atoms with Gasteiger partial charge in [0.15, 0.2) is 11.5 Å². The third kappa shape index (κ3) is 3.63. The number of nitrogens with one attached hydrogen (secondary N) is 1. The van der Waals surface area contributed by atoms with Crippen molar-refractivity contribution < 1.29 is 9.47 Å². The van der Waals surface area contributed by atoms with E-state index in [0.29, 0.717) is 5.54 Å². The molecule has 0 spiro atoms. The third-order valence-electron chi connectivity index (χ3n) is 4.10. The molecule has 1 aliphatic rings. The summed E-state index contributed by atoms with van der Waals surface area (Å²) in [4.78, 5) is 0. The van der Waals surface area contributed by atoms with E-state index in [1.165, 1.54) is 37.8 Å². The fourth-order valence-corrected chi connectivity index (χ4v) is 2.89. The molecule has 1 fully saturated rings. The quantitative estimate of drug-likeness (QED) is 0.855. The van der Waals surface area contributed by atoms with Gasteiger partial charge in [0.2, 0.25) is 0 Å². The summed E-state index contributed by atoms with van der Waals surface area (Å²) in [6.45, 7) is 3.52.